The van der Waals surface area contributed by atoms with Gasteiger partial charge in [-0.2, -0.15) is 12.6 Å². The Balaban J connectivity index is 0.944. The number of likely N-dealkylation sites (tertiary alicyclic amines) is 1. The van der Waals surface area contributed by atoms with Crippen LogP contribution >= 0.6 is 32.1 Å². The first kappa shape index (κ1) is 55.7. The minimum Gasteiger partial charge on any atom is -0.404 e. The highest BCUT2D eigenvalue weighted by Crippen LogP contribution is 2.49. The van der Waals surface area contributed by atoms with E-state index < -0.39 is 54.8 Å². The normalized spacial score (nSPS) is 16.2. The number of hydrogen-bond donors (Lipinski definition) is 11. The van der Waals surface area contributed by atoms with Gasteiger partial charge >= 0.3 is 13.9 Å². The third-order valence-corrected chi connectivity index (χ3v) is 13.9. The summed E-state index contributed by atoms with van der Waals surface area (Å²) in [7, 11) is -4.96. The van der Waals surface area contributed by atoms with Gasteiger partial charge in [-0.3, -0.25) is 48.2 Å². The van der Waals surface area contributed by atoms with Crippen LogP contribution in [0.15, 0.2) is 78.9 Å². The summed E-state index contributed by atoms with van der Waals surface area (Å²) in [6, 6.07) is 18.6. The number of H-pyrrole nitrogens is 1. The molecule has 5 aromatic rings. The number of phosphoric acid groups is 1. The van der Waals surface area contributed by atoms with Crippen LogP contribution in [-0.4, -0.2) is 123 Å². The molecule has 1 unspecified atom stereocenters. The Labute approximate surface area is 441 Å². The Hall–Kier alpha value is -7.01. The van der Waals surface area contributed by atoms with Gasteiger partial charge in [0, 0.05) is 96.7 Å². The standard InChI is InChI=1S/C50H58ClN10O12PS/c1-27(2)44(54-19-18-53-41(62)10-6-20-60-42(63)24-40(75)49(60)68)47(66)59-36(9-5-17-55-50(52)69)46(65)56-31-13-11-28(12-14-31)45(64)57-32-15-16-35-29(21-32)22-37(58-35)48(67)61-26-30(25-51)43-34-8-4-3-7-33(34)39(23-38(43)61)73-74(70,71)72/h3-4,7-8,11-16,21-23,27,30,36,40,44,54,58,75H,5-6,9-10,17-20,24-26H2,1-2H3,(H,53,62)(H,56,65)(H,57,64)(H,59,66)(H3,52,55,69)(H2,70,71,72)/t30-,36+,40?,44+/m1/s1. The number of carbonyl (C=O) groups is 8. The maximum Gasteiger partial charge on any atom is 0.524 e. The van der Waals surface area contributed by atoms with Gasteiger partial charge in [-0.05, 0) is 84.7 Å². The van der Waals surface area contributed by atoms with Crippen molar-refractivity contribution in [2.24, 2.45) is 11.7 Å². The minimum absolute atomic E-state index is 0.0373. The lowest BCUT2D eigenvalue weighted by molar-refractivity contribution is -0.138. The smallest absolute Gasteiger partial charge is 0.404 e. The first-order chi connectivity index (χ1) is 35.7. The Morgan fingerprint density at radius 1 is 0.893 bits per heavy atom. The number of nitrogens with two attached hydrogens (primary N) is 1. The number of alkyl halides is 1. The van der Waals surface area contributed by atoms with Crippen LogP contribution in [0.2, 0.25) is 0 Å². The highest BCUT2D eigenvalue weighted by molar-refractivity contribution is 7.81. The summed E-state index contributed by atoms with van der Waals surface area (Å²) in [5.41, 5.74) is 8.18. The predicted molar refractivity (Wildman–Crippen MR) is 285 cm³/mol. The number of fused-ring (bicyclic) bond motifs is 4. The van der Waals surface area contributed by atoms with Gasteiger partial charge in [0.05, 0.1) is 17.0 Å². The molecule has 22 nitrogen and oxygen atoms in total. The first-order valence-corrected chi connectivity index (χ1v) is 26.7. The van der Waals surface area contributed by atoms with Gasteiger partial charge in [0.15, 0.2) is 0 Å². The number of imide groups is 1. The number of nitrogens with one attached hydrogen (secondary N) is 7. The fraction of sp³-hybridized carbons (Fsp3) is 0.360. The number of aromatic nitrogens is 1. The maximum absolute atomic E-state index is 14.2. The van der Waals surface area contributed by atoms with Gasteiger partial charge < -0.3 is 52.0 Å². The van der Waals surface area contributed by atoms with Crippen molar-refractivity contribution in [2.45, 2.75) is 69.2 Å². The van der Waals surface area contributed by atoms with Crippen LogP contribution in [0.4, 0.5) is 21.9 Å². The molecule has 75 heavy (non-hydrogen) atoms. The Morgan fingerprint density at radius 3 is 2.28 bits per heavy atom. The summed E-state index contributed by atoms with van der Waals surface area (Å²) in [6.07, 6.45) is 0.818. The summed E-state index contributed by atoms with van der Waals surface area (Å²) in [5, 5.41) is 17.8. The molecule has 1 aromatic heterocycles. The fourth-order valence-electron chi connectivity index (χ4n) is 9.04. The molecule has 11 N–H and O–H groups in total. The SMILES string of the molecule is CC(C)[C@H](NCCNC(=O)CCCN1C(=O)CC(S)C1=O)C(=O)N[C@@H](CCCNC(N)=O)C(=O)Nc1ccc(C(=O)Nc2ccc3[nH]c(C(=O)N4C[C@@H](CCl)c5c4cc(OP(=O)(O)O)c4ccccc54)cc3c2)cc1. The number of nitrogens with zero attached hydrogens (tertiary/aromatic N) is 2. The van der Waals surface area contributed by atoms with E-state index in [2.05, 4.69) is 49.5 Å². The molecule has 398 valence electrons. The number of benzene rings is 4. The fourth-order valence-corrected chi connectivity index (χ4v) is 9.99. The number of carbonyl (C=O) groups excluding carboxylic acids is 8. The van der Waals surface area contributed by atoms with E-state index in [0.717, 1.165) is 10.5 Å². The lowest BCUT2D eigenvalue weighted by Crippen LogP contribution is -2.54. The third kappa shape index (κ3) is 14.0. The number of hydrogen-bond acceptors (Lipinski definition) is 12. The van der Waals surface area contributed by atoms with Crippen molar-refractivity contribution in [3.8, 4) is 5.75 Å². The van der Waals surface area contributed by atoms with Crippen LogP contribution < -0.4 is 47.1 Å². The zero-order chi connectivity index (χ0) is 54.1. The van der Waals surface area contributed by atoms with E-state index in [1.54, 1.807) is 48.5 Å². The number of aromatic amines is 1. The molecular weight excluding hydrogens is 1030 g/mol. The van der Waals surface area contributed by atoms with E-state index >= 15 is 0 Å². The Morgan fingerprint density at radius 2 is 1.61 bits per heavy atom. The molecular formula is C50H58ClN10O12PS. The lowest BCUT2D eigenvalue weighted by atomic mass is 9.95. The molecule has 4 atom stereocenters. The number of rotatable bonds is 23. The molecule has 0 radical (unpaired) electrons. The predicted octanol–water partition coefficient (Wildman–Crippen LogP) is 4.47. The van der Waals surface area contributed by atoms with E-state index in [1.807, 2.05) is 13.8 Å². The van der Waals surface area contributed by atoms with Crippen molar-refractivity contribution in [1.82, 2.24) is 31.2 Å². The molecule has 7 rings (SSSR count). The van der Waals surface area contributed by atoms with Crippen LogP contribution in [0, 0.1) is 5.92 Å². The molecule has 1 fully saturated rings. The average Bonchev–Trinajstić information content (AvgIpc) is 4.03. The molecule has 0 aliphatic carbocycles. The number of primary amides is 1. The van der Waals surface area contributed by atoms with Crippen LogP contribution in [0.3, 0.4) is 0 Å². The highest BCUT2D eigenvalue weighted by Gasteiger charge is 2.38. The second-order valence-electron chi connectivity index (χ2n) is 18.4. The van der Waals surface area contributed by atoms with E-state index in [4.69, 9.17) is 21.9 Å². The molecule has 25 heteroatoms. The Bertz CT molecular complexity index is 3060. The van der Waals surface area contributed by atoms with E-state index in [1.165, 1.54) is 35.2 Å². The second-order valence-corrected chi connectivity index (χ2v) is 20.5. The van der Waals surface area contributed by atoms with Gasteiger partial charge in [-0.15, -0.1) is 11.6 Å². The lowest BCUT2D eigenvalue weighted by Gasteiger charge is -2.25. The molecule has 0 spiro atoms. The monoisotopic (exact) mass is 1090 g/mol. The van der Waals surface area contributed by atoms with Crippen molar-refractivity contribution in [3.05, 3.63) is 95.7 Å². The van der Waals surface area contributed by atoms with Crippen molar-refractivity contribution in [3.63, 3.8) is 0 Å². The van der Waals surface area contributed by atoms with Gasteiger partial charge in [0.25, 0.3) is 11.8 Å². The zero-order valence-corrected chi connectivity index (χ0v) is 43.4. The van der Waals surface area contributed by atoms with Crippen molar-refractivity contribution in [1.29, 1.82) is 0 Å². The summed E-state index contributed by atoms with van der Waals surface area (Å²) in [6.45, 7) is 4.49. The molecule has 9 amide bonds. The maximum atomic E-state index is 14.2. The van der Waals surface area contributed by atoms with Gasteiger partial charge in [-0.25, -0.2) is 9.36 Å². The van der Waals surface area contributed by atoms with E-state index in [0.29, 0.717) is 38.7 Å². The van der Waals surface area contributed by atoms with E-state index in [9.17, 15) is 52.7 Å². The average molecular weight is 1090 g/mol. The quantitative estimate of drug-likeness (QED) is 0.0142. The third-order valence-electron chi connectivity index (χ3n) is 12.7. The van der Waals surface area contributed by atoms with Crippen LogP contribution in [0.1, 0.15) is 78.3 Å². The van der Waals surface area contributed by atoms with Gasteiger partial charge in [-0.1, -0.05) is 38.1 Å². The summed E-state index contributed by atoms with van der Waals surface area (Å²) in [5.74, 6) is -3.34. The van der Waals surface area contributed by atoms with Crippen molar-refractivity contribution < 1.29 is 57.2 Å². The van der Waals surface area contributed by atoms with Crippen LogP contribution in [0.5, 0.6) is 5.75 Å². The number of amides is 9. The number of anilines is 3. The molecule has 1 saturated heterocycles. The number of phosphoric ester groups is 1. The minimum atomic E-state index is -4.96. The summed E-state index contributed by atoms with van der Waals surface area (Å²) < 4.78 is 17.0. The molecule has 4 aromatic carbocycles. The van der Waals surface area contributed by atoms with Gasteiger partial charge in [0.2, 0.25) is 29.5 Å². The molecule has 3 heterocycles. The Kier molecular flexibility index (Phi) is 18.2. The van der Waals surface area contributed by atoms with Crippen LogP contribution in [-0.2, 0) is 28.5 Å². The van der Waals surface area contributed by atoms with Crippen molar-refractivity contribution in [2.75, 3.05) is 54.1 Å². The van der Waals surface area contributed by atoms with Gasteiger partial charge in [0.1, 0.15) is 17.5 Å². The number of thiol groups is 1. The first-order valence-electron chi connectivity index (χ1n) is 24.1. The number of halogens is 1. The van der Waals surface area contributed by atoms with Crippen LogP contribution in [0.25, 0.3) is 21.7 Å². The summed E-state index contributed by atoms with van der Waals surface area (Å²) >= 11 is 10.5. The second kappa shape index (κ2) is 24.6. The topological polar surface area (TPSA) is 324 Å². The molecule has 2 aliphatic heterocycles. The largest absolute Gasteiger partial charge is 0.524 e. The highest BCUT2D eigenvalue weighted by atomic mass is 35.5. The summed E-state index contributed by atoms with van der Waals surface area (Å²) in [4.78, 5) is 128. The molecule has 2 aliphatic rings. The number of urea groups is 1. The van der Waals surface area contributed by atoms with Crippen molar-refractivity contribution >= 4 is 118 Å². The van der Waals surface area contributed by atoms with E-state index in [-0.39, 0.29) is 117 Å². The molecule has 0 bridgehead atoms. The molecule has 0 saturated carbocycles. The zero-order valence-electron chi connectivity index (χ0n) is 40.9.